The minimum atomic E-state index is -3.75. The Bertz CT molecular complexity index is 2320. The summed E-state index contributed by atoms with van der Waals surface area (Å²) in [5.74, 6) is 1.58. The van der Waals surface area contributed by atoms with E-state index in [0.29, 0.717) is 54.0 Å². The Labute approximate surface area is 384 Å². The minimum Gasteiger partial charge on any atom is -0.497 e. The van der Waals surface area contributed by atoms with Crippen molar-refractivity contribution in [2.24, 2.45) is 17.8 Å². The van der Waals surface area contributed by atoms with E-state index in [1.807, 2.05) is 101 Å². The third kappa shape index (κ3) is 11.7. The summed E-state index contributed by atoms with van der Waals surface area (Å²) in [6.07, 6.45) is 6.42. The van der Waals surface area contributed by atoms with Crippen LogP contribution >= 0.6 is 11.6 Å². The molecule has 0 saturated heterocycles. The van der Waals surface area contributed by atoms with E-state index in [9.17, 15) is 18.3 Å². The number of esters is 1. The van der Waals surface area contributed by atoms with Gasteiger partial charge in [-0.15, -0.1) is 0 Å². The standard InChI is InChI=1S/C51H64ClN3O8S/c1-7-36(33-64(58,59)55(29-34-11-19-42(60-5)20-12-34)30-35-13-21-43(61-6)22-14-35)45-28-46(53-45)49(56)44-23-16-40(44)32-54-31-39-15-18-41(52)26-37(39)10-8-9-25-62-48-24-17-38(27-47(48)54)50(57)63-51(2,3)4/h11-15,17-22,24,26-28,36,40,44-45,49,53,56H,7-10,16,23,25,29-33H2,1-6H3/t36-,40+,44-,45?,49-/m1/s1. The lowest BCUT2D eigenvalue weighted by Gasteiger charge is -2.46. The largest absolute Gasteiger partial charge is 0.497 e. The van der Waals surface area contributed by atoms with Crippen molar-refractivity contribution in [1.82, 2.24) is 9.62 Å². The first-order chi connectivity index (χ1) is 30.6. The monoisotopic (exact) mass is 913 g/mol. The molecular formula is C51H64ClN3O8S. The van der Waals surface area contributed by atoms with Crippen LogP contribution in [-0.4, -0.2) is 74.7 Å². The van der Waals surface area contributed by atoms with Gasteiger partial charge in [0.05, 0.1) is 50.0 Å². The summed E-state index contributed by atoms with van der Waals surface area (Å²) in [6, 6.07) is 26.4. The van der Waals surface area contributed by atoms with Crippen LogP contribution in [0.4, 0.5) is 5.69 Å². The number of methoxy groups -OCH3 is 2. The molecule has 344 valence electrons. The fraction of sp³-hybridized carbons (Fsp3) is 0.471. The summed E-state index contributed by atoms with van der Waals surface area (Å²) in [6.45, 7) is 9.76. The molecular weight excluding hydrogens is 850 g/mol. The smallest absolute Gasteiger partial charge is 0.338 e. The number of benzene rings is 4. The molecule has 7 rings (SSSR count). The second-order valence-electron chi connectivity index (χ2n) is 18.4. The van der Waals surface area contributed by atoms with Gasteiger partial charge in [0.25, 0.3) is 0 Å². The van der Waals surface area contributed by atoms with E-state index >= 15 is 0 Å². The summed E-state index contributed by atoms with van der Waals surface area (Å²) in [5, 5.41) is 16.1. The Hall–Kier alpha value is -4.75. The van der Waals surface area contributed by atoms with Gasteiger partial charge in [-0.05, 0) is 154 Å². The number of hydrogen-bond donors (Lipinski definition) is 2. The number of fused-ring (bicyclic) bond motifs is 2. The van der Waals surface area contributed by atoms with Gasteiger partial charge in [-0.3, -0.25) is 0 Å². The van der Waals surface area contributed by atoms with Crippen LogP contribution in [0, 0.1) is 17.8 Å². The van der Waals surface area contributed by atoms with E-state index in [4.69, 9.17) is 30.5 Å². The maximum Gasteiger partial charge on any atom is 0.338 e. The number of anilines is 1. The number of nitrogens with one attached hydrogen (secondary N) is 1. The number of sulfonamides is 1. The first-order valence-corrected chi connectivity index (χ1v) is 24.5. The van der Waals surface area contributed by atoms with Gasteiger partial charge in [0.15, 0.2) is 0 Å². The number of halogens is 1. The van der Waals surface area contributed by atoms with Crippen LogP contribution in [0.1, 0.15) is 92.4 Å². The number of aliphatic hydroxyl groups excluding tert-OH is 1. The lowest BCUT2D eigenvalue weighted by Crippen LogP contribution is -2.53. The Morgan fingerprint density at radius 3 is 2.16 bits per heavy atom. The third-order valence-corrected chi connectivity index (χ3v) is 14.9. The van der Waals surface area contributed by atoms with Crippen molar-refractivity contribution in [2.75, 3.05) is 38.0 Å². The average Bonchev–Trinajstić information content (AvgIpc) is 3.26. The van der Waals surface area contributed by atoms with Crippen LogP contribution in [0.15, 0.2) is 96.7 Å². The molecule has 1 unspecified atom stereocenters. The maximum absolute atomic E-state index is 14.3. The summed E-state index contributed by atoms with van der Waals surface area (Å²) < 4.78 is 53.1. The summed E-state index contributed by atoms with van der Waals surface area (Å²) in [4.78, 5) is 15.7. The van der Waals surface area contributed by atoms with Crippen LogP contribution in [0.3, 0.4) is 0 Å². The second kappa shape index (κ2) is 20.6. The van der Waals surface area contributed by atoms with Crippen molar-refractivity contribution in [3.05, 3.63) is 130 Å². The van der Waals surface area contributed by atoms with Crippen LogP contribution in [0.25, 0.3) is 0 Å². The molecule has 11 nitrogen and oxygen atoms in total. The zero-order chi connectivity index (χ0) is 45.6. The molecule has 4 aromatic rings. The van der Waals surface area contributed by atoms with Gasteiger partial charge in [-0.25, -0.2) is 13.2 Å². The van der Waals surface area contributed by atoms with Crippen molar-refractivity contribution in [3.8, 4) is 17.2 Å². The number of hydrogen-bond acceptors (Lipinski definition) is 10. The van der Waals surface area contributed by atoms with Gasteiger partial charge in [-0.1, -0.05) is 55.3 Å². The highest BCUT2D eigenvalue weighted by Gasteiger charge is 2.43. The molecule has 4 aromatic carbocycles. The molecule has 1 saturated carbocycles. The van der Waals surface area contributed by atoms with Gasteiger partial charge in [0.2, 0.25) is 10.0 Å². The van der Waals surface area contributed by atoms with E-state index < -0.39 is 27.7 Å². The lowest BCUT2D eigenvalue weighted by atomic mass is 9.68. The summed E-state index contributed by atoms with van der Waals surface area (Å²) >= 11 is 6.51. The molecule has 2 N–H and O–H groups in total. The summed E-state index contributed by atoms with van der Waals surface area (Å²) in [5.41, 5.74) is 5.44. The quantitative estimate of drug-likeness (QED) is 0.105. The normalized spacial score (nSPS) is 19.8. The molecule has 0 aromatic heterocycles. The van der Waals surface area contributed by atoms with E-state index in [2.05, 4.69) is 22.3 Å². The maximum atomic E-state index is 14.3. The third-order valence-electron chi connectivity index (χ3n) is 12.8. The molecule has 0 spiro atoms. The van der Waals surface area contributed by atoms with E-state index in [0.717, 1.165) is 60.2 Å². The topological polar surface area (TPSA) is 127 Å². The number of rotatable bonds is 16. The van der Waals surface area contributed by atoms with Gasteiger partial charge in [0, 0.05) is 36.9 Å². The molecule has 2 aliphatic heterocycles. The molecule has 0 amide bonds. The van der Waals surface area contributed by atoms with Crippen LogP contribution in [0.5, 0.6) is 17.2 Å². The molecule has 2 heterocycles. The lowest BCUT2D eigenvalue weighted by molar-refractivity contribution is 0.00694. The predicted molar refractivity (Wildman–Crippen MR) is 253 cm³/mol. The van der Waals surface area contributed by atoms with Crippen LogP contribution in [-0.2, 0) is 40.8 Å². The number of aliphatic hydroxyl groups is 1. The van der Waals surface area contributed by atoms with Crippen LogP contribution < -0.4 is 24.4 Å². The first-order valence-electron chi connectivity index (χ1n) is 22.6. The summed E-state index contributed by atoms with van der Waals surface area (Å²) in [7, 11) is -0.534. The van der Waals surface area contributed by atoms with E-state index in [1.54, 1.807) is 24.6 Å². The number of ether oxygens (including phenoxy) is 4. The van der Waals surface area contributed by atoms with Gasteiger partial charge in [0.1, 0.15) is 22.8 Å². The highest BCUT2D eigenvalue weighted by molar-refractivity contribution is 7.89. The van der Waals surface area contributed by atoms with Crippen molar-refractivity contribution in [1.29, 1.82) is 0 Å². The van der Waals surface area contributed by atoms with Gasteiger partial charge >= 0.3 is 5.97 Å². The second-order valence-corrected chi connectivity index (χ2v) is 20.9. The first kappa shape index (κ1) is 47.2. The Morgan fingerprint density at radius 2 is 1.58 bits per heavy atom. The van der Waals surface area contributed by atoms with Gasteiger partial charge < -0.3 is 34.3 Å². The van der Waals surface area contributed by atoms with Crippen molar-refractivity contribution in [3.63, 3.8) is 0 Å². The van der Waals surface area contributed by atoms with E-state index in [-0.39, 0.29) is 42.6 Å². The Balaban J connectivity index is 1.08. The number of carbonyl (C=O) groups is 1. The van der Waals surface area contributed by atoms with Crippen molar-refractivity contribution >= 4 is 33.3 Å². The number of aryl methyl sites for hydroxylation is 1. The fourth-order valence-electron chi connectivity index (χ4n) is 8.93. The predicted octanol–water partition coefficient (Wildman–Crippen LogP) is 9.34. The minimum absolute atomic E-state index is 0.0192. The molecule has 5 atom stereocenters. The molecule has 0 radical (unpaired) electrons. The molecule has 3 aliphatic rings. The zero-order valence-electron chi connectivity index (χ0n) is 38.0. The molecule has 64 heavy (non-hydrogen) atoms. The highest BCUT2D eigenvalue weighted by Crippen LogP contribution is 2.43. The van der Waals surface area contributed by atoms with Crippen molar-refractivity contribution in [2.45, 2.75) is 104 Å². The molecule has 1 fully saturated rings. The zero-order valence-corrected chi connectivity index (χ0v) is 39.6. The Kier molecular flexibility index (Phi) is 15.2. The fourth-order valence-corrected chi connectivity index (χ4v) is 11.0. The highest BCUT2D eigenvalue weighted by atomic mass is 35.5. The Morgan fingerprint density at radius 1 is 0.922 bits per heavy atom. The van der Waals surface area contributed by atoms with Gasteiger partial charge in [-0.2, -0.15) is 4.31 Å². The van der Waals surface area contributed by atoms with E-state index in [1.165, 1.54) is 5.56 Å². The SMILES string of the molecule is CC[C@H](CS(=O)(=O)N(Cc1ccc(OC)cc1)Cc1ccc(OC)cc1)C1C=C([C@H](O)[C@@H]2CC[C@H]2CN2Cc3ccc(Cl)cc3CCCCOc3ccc(C(=O)OC(C)(C)C)cc32)N1. The average molecular weight is 915 g/mol. The van der Waals surface area contributed by atoms with Crippen LogP contribution in [0.2, 0.25) is 5.02 Å². The molecule has 0 bridgehead atoms. The molecule has 1 aliphatic carbocycles. The molecule has 13 heteroatoms. The number of carbonyl (C=O) groups excluding carboxylic acids is 1. The van der Waals surface area contributed by atoms with Crippen molar-refractivity contribution < 1.29 is 37.3 Å². The number of nitrogens with zero attached hydrogens (tertiary/aromatic N) is 2.